The molecule has 0 saturated heterocycles. The van der Waals surface area contributed by atoms with E-state index in [4.69, 9.17) is 0 Å². The molecular formula is C17H14F3N3O2S. The van der Waals surface area contributed by atoms with Gasteiger partial charge in [0.2, 0.25) is 0 Å². The summed E-state index contributed by atoms with van der Waals surface area (Å²) in [7, 11) is 0.987. The maximum absolute atomic E-state index is 13.0. The van der Waals surface area contributed by atoms with E-state index < -0.39 is 23.1 Å². The van der Waals surface area contributed by atoms with Gasteiger partial charge in [-0.1, -0.05) is 13.0 Å². The van der Waals surface area contributed by atoms with Gasteiger partial charge in [-0.3, -0.25) is 9.36 Å². The first kappa shape index (κ1) is 18.1. The van der Waals surface area contributed by atoms with Crippen molar-refractivity contribution in [2.75, 3.05) is 0 Å². The molecule has 5 nitrogen and oxygen atoms in total. The topological polar surface area (TPSA) is 56.9 Å². The molecule has 0 radical (unpaired) electrons. The highest BCUT2D eigenvalue weighted by molar-refractivity contribution is 7.13. The fourth-order valence-corrected chi connectivity index (χ4v) is 3.32. The Morgan fingerprint density at radius 2 is 1.96 bits per heavy atom. The van der Waals surface area contributed by atoms with E-state index in [1.807, 2.05) is 19.1 Å². The molecule has 9 heteroatoms. The summed E-state index contributed by atoms with van der Waals surface area (Å²) >= 11 is 1.26. The molecule has 2 aromatic heterocycles. The number of halogens is 3. The summed E-state index contributed by atoms with van der Waals surface area (Å²) in [5.74, 6) is 0. The van der Waals surface area contributed by atoms with Crippen LogP contribution in [0.2, 0.25) is 0 Å². The molecule has 0 spiro atoms. The minimum Gasteiger partial charge on any atom is -0.292 e. The summed E-state index contributed by atoms with van der Waals surface area (Å²) in [6.07, 6.45) is -0.218. The lowest BCUT2D eigenvalue weighted by atomic mass is 10.2. The molecular weight excluding hydrogens is 367 g/mol. The summed E-state index contributed by atoms with van der Waals surface area (Å²) in [5, 5.41) is 0.728. The van der Waals surface area contributed by atoms with Gasteiger partial charge in [-0.15, -0.1) is 0 Å². The van der Waals surface area contributed by atoms with Crippen LogP contribution in [-0.4, -0.2) is 13.5 Å². The number of aromatic nitrogens is 3. The molecule has 0 fully saturated rings. The second kappa shape index (κ2) is 6.56. The Bertz CT molecular complexity index is 1120. The zero-order valence-corrected chi connectivity index (χ0v) is 14.7. The minimum absolute atomic E-state index is 0.197. The van der Waals surface area contributed by atoms with Crippen LogP contribution in [0.3, 0.4) is 0 Å². The van der Waals surface area contributed by atoms with E-state index in [1.54, 1.807) is 12.1 Å². The van der Waals surface area contributed by atoms with Crippen LogP contribution in [0.5, 0.6) is 0 Å². The maximum Gasteiger partial charge on any atom is 0.431 e. The van der Waals surface area contributed by atoms with Gasteiger partial charge in [0.05, 0.1) is 16.1 Å². The molecule has 0 bridgehead atoms. The van der Waals surface area contributed by atoms with Crippen LogP contribution in [0.25, 0.3) is 21.8 Å². The molecule has 0 aliphatic heterocycles. The third-order valence-electron chi connectivity index (χ3n) is 3.86. The minimum atomic E-state index is -4.79. The van der Waals surface area contributed by atoms with Crippen LogP contribution in [0.15, 0.2) is 39.9 Å². The van der Waals surface area contributed by atoms with Gasteiger partial charge in [0.15, 0.2) is 0 Å². The molecule has 0 aliphatic carbocycles. The van der Waals surface area contributed by atoms with Crippen molar-refractivity contribution in [3.8, 4) is 5.69 Å². The third kappa shape index (κ3) is 3.10. The molecule has 0 saturated carbocycles. The van der Waals surface area contributed by atoms with Gasteiger partial charge in [0, 0.05) is 18.5 Å². The van der Waals surface area contributed by atoms with Crippen molar-refractivity contribution in [1.29, 1.82) is 0 Å². The molecule has 1 aromatic carbocycles. The number of hydrogen-bond acceptors (Lipinski definition) is 4. The second-order valence-electron chi connectivity index (χ2n) is 5.60. The van der Waals surface area contributed by atoms with Crippen molar-refractivity contribution in [3.05, 3.63) is 62.6 Å². The predicted molar refractivity (Wildman–Crippen MR) is 94.8 cm³/mol. The Morgan fingerprint density at radius 1 is 1.23 bits per heavy atom. The van der Waals surface area contributed by atoms with E-state index >= 15 is 0 Å². The summed E-state index contributed by atoms with van der Waals surface area (Å²) in [6.45, 7) is 1.97. The standard InChI is InChI=1S/C17H14F3N3O2S/c1-3-4-5-12-11-8-10(6-7-13(11)26-21-12)23-15(24)9-14(17(18,19)20)22(2)16(23)25/h4-9H,3H2,1-2H3/b5-4-. The van der Waals surface area contributed by atoms with Crippen LogP contribution in [-0.2, 0) is 13.2 Å². The number of alkyl halides is 3. The van der Waals surface area contributed by atoms with Crippen molar-refractivity contribution in [2.24, 2.45) is 7.05 Å². The normalized spacial score (nSPS) is 12.3. The molecule has 3 rings (SSSR count). The van der Waals surface area contributed by atoms with Crippen molar-refractivity contribution >= 4 is 27.7 Å². The molecule has 26 heavy (non-hydrogen) atoms. The van der Waals surface area contributed by atoms with Gasteiger partial charge in [0.1, 0.15) is 5.69 Å². The lowest BCUT2D eigenvalue weighted by Crippen LogP contribution is -2.40. The molecule has 136 valence electrons. The van der Waals surface area contributed by atoms with Gasteiger partial charge in [-0.05, 0) is 42.2 Å². The molecule has 0 unspecified atom stereocenters. The van der Waals surface area contributed by atoms with E-state index in [2.05, 4.69) is 4.37 Å². The Morgan fingerprint density at radius 3 is 2.62 bits per heavy atom. The van der Waals surface area contributed by atoms with E-state index in [9.17, 15) is 22.8 Å². The Kier molecular flexibility index (Phi) is 4.57. The van der Waals surface area contributed by atoms with Crippen LogP contribution in [0, 0.1) is 0 Å². The first-order valence-corrected chi connectivity index (χ1v) is 8.48. The highest BCUT2D eigenvalue weighted by atomic mass is 32.1. The Labute approximate surface area is 149 Å². The molecule has 0 atom stereocenters. The summed E-state index contributed by atoms with van der Waals surface area (Å²) < 4.78 is 45.2. The number of nitrogens with zero attached hydrogens (tertiary/aromatic N) is 3. The summed E-state index contributed by atoms with van der Waals surface area (Å²) in [5.41, 5.74) is -2.49. The highest BCUT2D eigenvalue weighted by Gasteiger charge is 2.35. The average molecular weight is 381 g/mol. The van der Waals surface area contributed by atoms with E-state index in [1.165, 1.54) is 17.6 Å². The smallest absolute Gasteiger partial charge is 0.292 e. The van der Waals surface area contributed by atoms with Crippen molar-refractivity contribution < 1.29 is 13.2 Å². The average Bonchev–Trinajstić information content (AvgIpc) is 2.98. The first-order chi connectivity index (χ1) is 12.2. The number of benzene rings is 1. The van der Waals surface area contributed by atoms with Crippen molar-refractivity contribution in [3.63, 3.8) is 0 Å². The number of hydrogen-bond donors (Lipinski definition) is 0. The van der Waals surface area contributed by atoms with E-state index in [0.717, 1.165) is 28.1 Å². The van der Waals surface area contributed by atoms with Gasteiger partial charge in [0.25, 0.3) is 5.56 Å². The van der Waals surface area contributed by atoms with E-state index in [-0.39, 0.29) is 5.69 Å². The van der Waals surface area contributed by atoms with Gasteiger partial charge < -0.3 is 0 Å². The van der Waals surface area contributed by atoms with Gasteiger partial charge in [-0.25, -0.2) is 9.36 Å². The maximum atomic E-state index is 13.0. The molecule has 2 heterocycles. The van der Waals surface area contributed by atoms with Crippen LogP contribution in [0.1, 0.15) is 24.7 Å². The molecule has 0 N–H and O–H groups in total. The Hall–Kier alpha value is -2.68. The van der Waals surface area contributed by atoms with Gasteiger partial charge >= 0.3 is 11.9 Å². The number of fused-ring (bicyclic) bond motifs is 1. The Balaban J connectivity index is 2.24. The monoisotopic (exact) mass is 381 g/mol. The molecule has 0 amide bonds. The van der Waals surface area contributed by atoms with E-state index in [0.29, 0.717) is 16.3 Å². The lowest BCUT2D eigenvalue weighted by Gasteiger charge is -2.13. The SMILES string of the molecule is CC/C=C\c1nsc2ccc(-n3c(=O)cc(C(F)(F)F)n(C)c3=O)cc12. The number of rotatable bonds is 3. The summed E-state index contributed by atoms with van der Waals surface area (Å²) in [6, 6.07) is 5.22. The fraction of sp³-hybridized carbons (Fsp3) is 0.235. The highest BCUT2D eigenvalue weighted by Crippen LogP contribution is 2.28. The van der Waals surface area contributed by atoms with Crippen LogP contribution in [0.4, 0.5) is 13.2 Å². The quantitative estimate of drug-likeness (QED) is 0.697. The zero-order chi connectivity index (χ0) is 19.1. The first-order valence-electron chi connectivity index (χ1n) is 7.70. The third-order valence-corrected chi connectivity index (χ3v) is 4.70. The lowest BCUT2D eigenvalue weighted by molar-refractivity contribution is -0.144. The fourth-order valence-electron chi connectivity index (χ4n) is 2.57. The molecule has 3 aromatic rings. The molecule has 0 aliphatic rings. The largest absolute Gasteiger partial charge is 0.431 e. The van der Waals surface area contributed by atoms with Crippen molar-refractivity contribution in [2.45, 2.75) is 19.5 Å². The van der Waals surface area contributed by atoms with Crippen LogP contribution < -0.4 is 11.2 Å². The van der Waals surface area contributed by atoms with Crippen LogP contribution >= 0.6 is 11.5 Å². The second-order valence-corrected chi connectivity index (χ2v) is 6.41. The van der Waals surface area contributed by atoms with Gasteiger partial charge in [-0.2, -0.15) is 17.5 Å². The zero-order valence-electron chi connectivity index (χ0n) is 13.9. The summed E-state index contributed by atoms with van der Waals surface area (Å²) in [4.78, 5) is 24.6. The number of allylic oxidation sites excluding steroid dienone is 1. The predicted octanol–water partition coefficient (Wildman–Crippen LogP) is 3.59. The van der Waals surface area contributed by atoms with Crippen molar-refractivity contribution in [1.82, 2.24) is 13.5 Å².